The minimum Gasteiger partial charge on any atom is -0.497 e. The van der Waals surface area contributed by atoms with Crippen molar-refractivity contribution in [2.75, 3.05) is 18.6 Å². The van der Waals surface area contributed by atoms with Crippen LogP contribution in [0.3, 0.4) is 0 Å². The molecule has 1 spiro atoms. The average Bonchev–Trinajstić information content (AvgIpc) is 3.93. The lowest BCUT2D eigenvalue weighted by molar-refractivity contribution is -0.145. The van der Waals surface area contributed by atoms with Gasteiger partial charge in [-0.2, -0.15) is 9.78 Å². The molecule has 0 bridgehead atoms. The molecule has 59 heavy (non-hydrogen) atoms. The van der Waals surface area contributed by atoms with Gasteiger partial charge in [0.15, 0.2) is 5.60 Å². The first-order valence-corrected chi connectivity index (χ1v) is 23.1. The molecule has 11 nitrogen and oxygen atoms in total. The Bertz CT molecular complexity index is 2700. The summed E-state index contributed by atoms with van der Waals surface area (Å²) in [6.45, 7) is 7.26. The molecule has 298 valence electrons. The van der Waals surface area contributed by atoms with Crippen LogP contribution in [-0.2, 0) is 21.7 Å². The molecule has 9 rings (SSSR count). The quantitative estimate of drug-likeness (QED) is 0.138. The minimum atomic E-state index is -2.47. The van der Waals surface area contributed by atoms with E-state index in [-0.39, 0.29) is 41.6 Å². The molecule has 12 heteroatoms. The van der Waals surface area contributed by atoms with Gasteiger partial charge in [-0.05, 0) is 66.1 Å². The summed E-state index contributed by atoms with van der Waals surface area (Å²) in [5.74, 6) is 0.0340. The molecule has 4 heterocycles. The summed E-state index contributed by atoms with van der Waals surface area (Å²) in [6, 6.07) is 40.9. The largest absolute Gasteiger partial charge is 0.497 e. The zero-order valence-corrected chi connectivity index (χ0v) is 34.5. The van der Waals surface area contributed by atoms with Gasteiger partial charge in [0.2, 0.25) is 0 Å². The minimum absolute atomic E-state index is 0.0360. The Morgan fingerprint density at radius 1 is 0.881 bits per heavy atom. The van der Waals surface area contributed by atoms with E-state index in [1.165, 1.54) is 9.87 Å². The molecule has 2 aliphatic rings. The third kappa shape index (κ3) is 6.39. The van der Waals surface area contributed by atoms with Gasteiger partial charge in [-0.3, -0.25) is 19.2 Å². The van der Waals surface area contributed by atoms with Gasteiger partial charge in [-0.25, -0.2) is 0 Å². The Kier molecular flexibility index (Phi) is 9.86. The number of ether oxygens (including phenoxy) is 2. The SMILES string of the molecule is COc1ccc([Si](C)(C)[C@@H]2[C@@H](CCn3cc(C(CO)c4ccccc4)nn3)O[C@]3(C(=O)N(c4ccccc4)c4ccc(-n5ncc6ccccc6c5=O)cc43)[C@H]2C)cc1. The molecule has 0 saturated carbocycles. The second-order valence-corrected chi connectivity index (χ2v) is 20.8. The molecule has 2 aliphatic heterocycles. The fraction of sp³-hybridized carbons (Fsp3) is 0.255. The summed E-state index contributed by atoms with van der Waals surface area (Å²) in [7, 11) is -0.802. The standard InChI is InChI=1S/C47H46N6O5Si/c1-31-44(59(3,4)37-22-20-36(57-2)21-23-37)43(25-26-51-29-41(49-50-51)39(30-54)32-13-7-5-8-14-32)58-47(31)40-27-35(53-45(55)38-18-12-11-15-33(38)28-48-53)19-24-42(40)52(46(47)56)34-16-9-6-10-17-34/h5-24,27-29,31,39,43-44,54H,25-26,30H2,1-4H3/t31-,39?,43+,44-,47+/m0/s1. The number of benzene rings is 5. The number of aliphatic hydroxyl groups excluding tert-OH is 1. The van der Waals surface area contributed by atoms with Crippen molar-refractivity contribution in [2.24, 2.45) is 5.92 Å². The third-order valence-corrected chi connectivity index (χ3v) is 17.0. The van der Waals surface area contributed by atoms with Crippen LogP contribution in [0.25, 0.3) is 16.5 Å². The zero-order chi connectivity index (χ0) is 40.9. The van der Waals surface area contributed by atoms with Gasteiger partial charge in [0, 0.05) is 35.3 Å². The second kappa shape index (κ2) is 15.2. The lowest BCUT2D eigenvalue weighted by Crippen LogP contribution is -2.51. The van der Waals surface area contributed by atoms with Gasteiger partial charge in [0.1, 0.15) is 5.75 Å². The van der Waals surface area contributed by atoms with Crippen LogP contribution >= 0.6 is 0 Å². The Labute approximate surface area is 343 Å². The Hall–Kier alpha value is -6.21. The first-order chi connectivity index (χ1) is 28.6. The first-order valence-electron chi connectivity index (χ1n) is 20.1. The number of hydrogen-bond donors (Lipinski definition) is 1. The van der Waals surface area contributed by atoms with Crippen molar-refractivity contribution >= 4 is 41.3 Å². The Morgan fingerprint density at radius 2 is 1.59 bits per heavy atom. The molecule has 0 radical (unpaired) electrons. The molecule has 1 unspecified atom stereocenters. The van der Waals surface area contributed by atoms with Crippen molar-refractivity contribution in [3.05, 3.63) is 167 Å². The van der Waals surface area contributed by atoms with E-state index in [4.69, 9.17) is 9.47 Å². The van der Waals surface area contributed by atoms with E-state index in [2.05, 4.69) is 47.6 Å². The van der Waals surface area contributed by atoms with E-state index < -0.39 is 13.7 Å². The molecule has 1 saturated heterocycles. The summed E-state index contributed by atoms with van der Waals surface area (Å²) >= 11 is 0. The second-order valence-electron chi connectivity index (χ2n) is 16.1. The van der Waals surface area contributed by atoms with Crippen LogP contribution in [0.1, 0.15) is 36.1 Å². The van der Waals surface area contributed by atoms with Crippen LogP contribution < -0.4 is 20.4 Å². The maximum absolute atomic E-state index is 15.5. The van der Waals surface area contributed by atoms with E-state index in [1.54, 1.807) is 24.3 Å². The maximum atomic E-state index is 15.5. The van der Waals surface area contributed by atoms with Gasteiger partial charge in [-0.15, -0.1) is 5.10 Å². The van der Waals surface area contributed by atoms with Crippen LogP contribution in [0.15, 0.2) is 145 Å². The smallest absolute Gasteiger partial charge is 0.279 e. The highest BCUT2D eigenvalue weighted by molar-refractivity contribution is 6.91. The third-order valence-electron chi connectivity index (χ3n) is 12.6. The summed E-state index contributed by atoms with van der Waals surface area (Å²) in [5, 5.41) is 26.5. The van der Waals surface area contributed by atoms with Crippen LogP contribution in [-0.4, -0.2) is 63.7 Å². The van der Waals surface area contributed by atoms with Crippen LogP contribution in [0, 0.1) is 5.92 Å². The van der Waals surface area contributed by atoms with E-state index in [1.807, 2.05) is 120 Å². The monoisotopic (exact) mass is 802 g/mol. The lowest BCUT2D eigenvalue weighted by Gasteiger charge is -2.37. The van der Waals surface area contributed by atoms with Gasteiger partial charge >= 0.3 is 0 Å². The van der Waals surface area contributed by atoms with E-state index in [0.29, 0.717) is 41.0 Å². The topological polar surface area (TPSA) is 125 Å². The number of hydrogen-bond acceptors (Lipinski definition) is 8. The predicted molar refractivity (Wildman–Crippen MR) is 231 cm³/mol. The van der Waals surface area contributed by atoms with Crippen molar-refractivity contribution < 1.29 is 19.4 Å². The van der Waals surface area contributed by atoms with Crippen molar-refractivity contribution in [2.45, 2.75) is 56.1 Å². The number of fused-ring (bicyclic) bond motifs is 3. The zero-order valence-electron chi connectivity index (χ0n) is 33.5. The van der Waals surface area contributed by atoms with Crippen molar-refractivity contribution in [1.29, 1.82) is 0 Å². The van der Waals surface area contributed by atoms with E-state index in [0.717, 1.165) is 22.4 Å². The molecule has 1 N–H and O–H groups in total. The first kappa shape index (κ1) is 38.3. The van der Waals surface area contributed by atoms with E-state index in [9.17, 15) is 9.90 Å². The van der Waals surface area contributed by atoms with Crippen LogP contribution in [0.5, 0.6) is 5.75 Å². The molecule has 7 aromatic rings. The highest BCUT2D eigenvalue weighted by Gasteiger charge is 2.66. The number of rotatable bonds is 11. The number of aryl methyl sites for hydroxylation is 1. The van der Waals surface area contributed by atoms with Crippen LogP contribution in [0.4, 0.5) is 11.4 Å². The number of carbonyl (C=O) groups is 1. The summed E-state index contributed by atoms with van der Waals surface area (Å²) in [5.41, 5.74) is 2.70. The number of aromatic nitrogens is 5. The average molecular weight is 803 g/mol. The van der Waals surface area contributed by atoms with Crippen molar-refractivity contribution in [1.82, 2.24) is 24.8 Å². The van der Waals surface area contributed by atoms with Crippen LogP contribution in [0.2, 0.25) is 18.6 Å². The lowest BCUT2D eigenvalue weighted by atomic mass is 9.82. The Morgan fingerprint density at radius 3 is 2.32 bits per heavy atom. The summed E-state index contributed by atoms with van der Waals surface area (Å²) in [4.78, 5) is 31.2. The number of anilines is 2. The van der Waals surface area contributed by atoms with Gasteiger partial charge < -0.3 is 14.6 Å². The fourth-order valence-electron chi connectivity index (χ4n) is 9.63. The molecule has 0 aliphatic carbocycles. The molecular formula is C47H46N6O5Si. The number of amides is 1. The Balaban J connectivity index is 1.16. The highest BCUT2D eigenvalue weighted by atomic mass is 28.3. The number of aliphatic hydroxyl groups is 1. The molecule has 5 atom stereocenters. The molecule has 1 fully saturated rings. The van der Waals surface area contributed by atoms with Gasteiger partial charge in [0.05, 0.1) is 62.5 Å². The number of methoxy groups -OCH3 is 1. The molecular weight excluding hydrogens is 757 g/mol. The molecule has 2 aromatic heterocycles. The fourth-order valence-corrected chi connectivity index (χ4v) is 13.7. The van der Waals surface area contributed by atoms with E-state index >= 15 is 4.79 Å². The number of para-hydroxylation sites is 1. The molecule has 5 aromatic carbocycles. The van der Waals surface area contributed by atoms with Crippen molar-refractivity contribution in [3.8, 4) is 11.4 Å². The number of nitrogens with zero attached hydrogens (tertiary/aromatic N) is 6. The normalized spacial score (nSPS) is 20.7. The summed E-state index contributed by atoms with van der Waals surface area (Å²) < 4.78 is 16.2. The molecule has 1 amide bonds. The van der Waals surface area contributed by atoms with Crippen molar-refractivity contribution in [3.63, 3.8) is 0 Å². The number of carbonyl (C=O) groups excluding carboxylic acids is 1. The van der Waals surface area contributed by atoms with Gasteiger partial charge in [0.25, 0.3) is 11.5 Å². The summed E-state index contributed by atoms with van der Waals surface area (Å²) in [6.07, 6.45) is 3.79. The predicted octanol–water partition coefficient (Wildman–Crippen LogP) is 7.09. The highest BCUT2D eigenvalue weighted by Crippen LogP contribution is 2.61. The maximum Gasteiger partial charge on any atom is 0.279 e. The van der Waals surface area contributed by atoms with Gasteiger partial charge in [-0.1, -0.05) is 109 Å².